The molecular weight excluding hydrogens is 366 g/mol. The molecular formula is C20H30ClN3O3. The van der Waals surface area contributed by atoms with Crippen LogP contribution >= 0.6 is 12.4 Å². The monoisotopic (exact) mass is 395 g/mol. The van der Waals surface area contributed by atoms with E-state index in [1.54, 1.807) is 12.0 Å². The number of nitrogens with one attached hydrogen (secondary N) is 1. The zero-order valence-electron chi connectivity index (χ0n) is 16.3. The van der Waals surface area contributed by atoms with Gasteiger partial charge in [0.2, 0.25) is 11.8 Å². The lowest BCUT2D eigenvalue weighted by Crippen LogP contribution is -2.50. The van der Waals surface area contributed by atoms with E-state index in [4.69, 9.17) is 4.74 Å². The van der Waals surface area contributed by atoms with Crippen LogP contribution in [0.25, 0.3) is 0 Å². The van der Waals surface area contributed by atoms with Crippen molar-refractivity contribution in [3.05, 3.63) is 29.8 Å². The summed E-state index contributed by atoms with van der Waals surface area (Å²) in [6, 6.07) is 7.99. The highest BCUT2D eigenvalue weighted by Gasteiger charge is 2.41. The first-order valence-electron chi connectivity index (χ1n) is 9.40. The fraction of sp³-hybridized carbons (Fsp3) is 0.600. The molecule has 2 saturated heterocycles. The van der Waals surface area contributed by atoms with E-state index in [1.807, 2.05) is 43.3 Å². The largest absolute Gasteiger partial charge is 0.497 e. The Labute approximate surface area is 167 Å². The minimum Gasteiger partial charge on any atom is -0.497 e. The minimum atomic E-state index is -0.211. The maximum Gasteiger partial charge on any atom is 0.228 e. The number of amides is 2. The van der Waals surface area contributed by atoms with Crippen LogP contribution in [0.2, 0.25) is 0 Å². The Kier molecular flexibility index (Phi) is 7.50. The third kappa shape index (κ3) is 4.55. The summed E-state index contributed by atoms with van der Waals surface area (Å²) in [6.45, 7) is 1.57. The maximum absolute atomic E-state index is 13.3. The first-order valence-corrected chi connectivity index (χ1v) is 9.40. The standard InChI is InChI=1S/C20H29N3O3.ClH/c1-21-15-10-12-23(13-11-15)20(25)17-8-9-18(24)22(2)19(17)14-4-6-16(26-3)7-5-14;/h4-7,15,17,19,21H,8-13H2,1-3H3;1H. The molecule has 2 heterocycles. The molecule has 2 amide bonds. The fourth-order valence-electron chi connectivity index (χ4n) is 4.18. The van der Waals surface area contributed by atoms with Gasteiger partial charge in [0.15, 0.2) is 0 Å². The molecule has 2 aliphatic rings. The van der Waals surface area contributed by atoms with Crippen LogP contribution in [0.5, 0.6) is 5.75 Å². The van der Waals surface area contributed by atoms with Gasteiger partial charge in [-0.3, -0.25) is 9.59 Å². The van der Waals surface area contributed by atoms with Crippen molar-refractivity contribution in [3.63, 3.8) is 0 Å². The van der Waals surface area contributed by atoms with E-state index < -0.39 is 0 Å². The Balaban J connectivity index is 0.00000261. The van der Waals surface area contributed by atoms with Crippen molar-refractivity contribution in [1.82, 2.24) is 15.1 Å². The van der Waals surface area contributed by atoms with Crippen LogP contribution in [0.15, 0.2) is 24.3 Å². The number of benzene rings is 1. The van der Waals surface area contributed by atoms with E-state index >= 15 is 0 Å². The van der Waals surface area contributed by atoms with E-state index in [-0.39, 0.29) is 36.2 Å². The van der Waals surface area contributed by atoms with Crippen molar-refractivity contribution in [2.45, 2.75) is 37.8 Å². The summed E-state index contributed by atoms with van der Waals surface area (Å²) in [5.74, 6) is 0.872. The normalized spacial score (nSPS) is 23.7. The summed E-state index contributed by atoms with van der Waals surface area (Å²) in [4.78, 5) is 29.3. The number of hydrogen-bond acceptors (Lipinski definition) is 4. The third-order valence-electron chi connectivity index (χ3n) is 5.85. The molecule has 6 nitrogen and oxygen atoms in total. The van der Waals surface area contributed by atoms with Gasteiger partial charge in [-0.05, 0) is 44.0 Å². The smallest absolute Gasteiger partial charge is 0.228 e. The SMILES string of the molecule is CNC1CCN(C(=O)C2CCC(=O)N(C)C2c2ccc(OC)cc2)CC1.Cl. The lowest BCUT2D eigenvalue weighted by atomic mass is 9.83. The molecule has 1 aromatic rings. The number of methoxy groups -OCH3 is 1. The molecule has 1 N–H and O–H groups in total. The van der Waals surface area contributed by atoms with Crippen LogP contribution < -0.4 is 10.1 Å². The molecule has 7 heteroatoms. The summed E-state index contributed by atoms with van der Waals surface area (Å²) in [5.41, 5.74) is 0.991. The van der Waals surface area contributed by atoms with Crippen LogP contribution in [-0.2, 0) is 9.59 Å². The molecule has 0 saturated carbocycles. The van der Waals surface area contributed by atoms with Crippen molar-refractivity contribution >= 4 is 24.2 Å². The van der Waals surface area contributed by atoms with E-state index in [0.29, 0.717) is 18.9 Å². The number of likely N-dealkylation sites (tertiary alicyclic amines) is 2. The van der Waals surface area contributed by atoms with Gasteiger partial charge in [0, 0.05) is 32.6 Å². The second kappa shape index (κ2) is 9.42. The molecule has 3 rings (SSSR count). The lowest BCUT2D eigenvalue weighted by molar-refractivity contribution is -0.147. The molecule has 0 aromatic heterocycles. The Morgan fingerprint density at radius 2 is 1.78 bits per heavy atom. The van der Waals surface area contributed by atoms with Crippen LogP contribution in [0.4, 0.5) is 0 Å². The third-order valence-corrected chi connectivity index (χ3v) is 5.85. The quantitative estimate of drug-likeness (QED) is 0.849. The van der Waals surface area contributed by atoms with Crippen LogP contribution in [0.1, 0.15) is 37.3 Å². The number of carbonyl (C=O) groups is 2. The summed E-state index contributed by atoms with van der Waals surface area (Å²) in [6.07, 6.45) is 3.02. The highest BCUT2D eigenvalue weighted by Crippen LogP contribution is 2.37. The van der Waals surface area contributed by atoms with Crippen molar-refractivity contribution in [2.75, 3.05) is 34.3 Å². The van der Waals surface area contributed by atoms with Gasteiger partial charge in [-0.15, -0.1) is 12.4 Å². The molecule has 2 aliphatic heterocycles. The van der Waals surface area contributed by atoms with E-state index in [9.17, 15) is 9.59 Å². The highest BCUT2D eigenvalue weighted by molar-refractivity contribution is 5.85. The molecule has 150 valence electrons. The second-order valence-corrected chi connectivity index (χ2v) is 7.26. The molecule has 0 spiro atoms. The fourth-order valence-corrected chi connectivity index (χ4v) is 4.18. The molecule has 0 bridgehead atoms. The number of nitrogens with zero attached hydrogens (tertiary/aromatic N) is 2. The number of ether oxygens (including phenoxy) is 1. The Bertz CT molecular complexity index is 644. The van der Waals surface area contributed by atoms with Gasteiger partial charge in [0.25, 0.3) is 0 Å². The van der Waals surface area contributed by atoms with Gasteiger partial charge >= 0.3 is 0 Å². The first-order chi connectivity index (χ1) is 12.5. The van der Waals surface area contributed by atoms with Gasteiger partial charge < -0.3 is 19.9 Å². The lowest BCUT2D eigenvalue weighted by Gasteiger charge is -2.42. The predicted octanol–water partition coefficient (Wildman–Crippen LogP) is 2.24. The molecule has 2 atom stereocenters. The van der Waals surface area contributed by atoms with Gasteiger partial charge in [0.1, 0.15) is 5.75 Å². The molecule has 2 unspecified atom stereocenters. The average Bonchev–Trinajstić information content (AvgIpc) is 2.69. The summed E-state index contributed by atoms with van der Waals surface area (Å²) < 4.78 is 5.23. The summed E-state index contributed by atoms with van der Waals surface area (Å²) in [7, 11) is 5.42. The highest BCUT2D eigenvalue weighted by atomic mass is 35.5. The molecule has 0 radical (unpaired) electrons. The molecule has 0 aliphatic carbocycles. The zero-order valence-corrected chi connectivity index (χ0v) is 17.1. The van der Waals surface area contributed by atoms with Gasteiger partial charge in [-0.2, -0.15) is 0 Å². The molecule has 27 heavy (non-hydrogen) atoms. The number of halogens is 1. The zero-order chi connectivity index (χ0) is 18.7. The number of piperidine rings is 2. The first kappa shape index (κ1) is 21.5. The van der Waals surface area contributed by atoms with Gasteiger partial charge in [0.05, 0.1) is 19.1 Å². The summed E-state index contributed by atoms with van der Waals surface area (Å²) in [5, 5.41) is 3.30. The maximum atomic E-state index is 13.3. The van der Waals surface area contributed by atoms with Gasteiger partial charge in [-0.1, -0.05) is 12.1 Å². The predicted molar refractivity (Wildman–Crippen MR) is 107 cm³/mol. The van der Waals surface area contributed by atoms with Crippen LogP contribution in [-0.4, -0.2) is 62.0 Å². The minimum absolute atomic E-state index is 0. The number of carbonyl (C=O) groups excluding carboxylic acids is 2. The van der Waals surface area contributed by atoms with Crippen LogP contribution in [0.3, 0.4) is 0 Å². The van der Waals surface area contributed by atoms with Gasteiger partial charge in [-0.25, -0.2) is 0 Å². The van der Waals surface area contributed by atoms with E-state index in [0.717, 1.165) is 37.2 Å². The van der Waals surface area contributed by atoms with Crippen molar-refractivity contribution in [3.8, 4) is 5.75 Å². The van der Waals surface area contributed by atoms with Crippen molar-refractivity contribution in [2.24, 2.45) is 5.92 Å². The Hall–Kier alpha value is -1.79. The van der Waals surface area contributed by atoms with Crippen LogP contribution in [0, 0.1) is 5.92 Å². The topological polar surface area (TPSA) is 61.9 Å². The number of rotatable bonds is 4. The van der Waals surface area contributed by atoms with E-state index in [1.165, 1.54) is 0 Å². The second-order valence-electron chi connectivity index (χ2n) is 7.26. The Morgan fingerprint density at radius 3 is 2.33 bits per heavy atom. The van der Waals surface area contributed by atoms with E-state index in [2.05, 4.69) is 5.32 Å². The van der Waals surface area contributed by atoms with Crippen molar-refractivity contribution < 1.29 is 14.3 Å². The average molecular weight is 396 g/mol. The molecule has 2 fully saturated rings. The molecule has 1 aromatic carbocycles. The van der Waals surface area contributed by atoms with Crippen molar-refractivity contribution in [1.29, 1.82) is 0 Å². The Morgan fingerprint density at radius 1 is 1.15 bits per heavy atom. The summed E-state index contributed by atoms with van der Waals surface area (Å²) >= 11 is 0. The number of hydrogen-bond donors (Lipinski definition) is 1.